The zero-order chi connectivity index (χ0) is 103. The predicted octanol–water partition coefficient (Wildman–Crippen LogP) is 5.61. The van der Waals surface area contributed by atoms with E-state index in [0.29, 0.717) is 63.2 Å². The highest BCUT2D eigenvalue weighted by Crippen LogP contribution is 2.54. The molecule has 6 heterocycles. The highest BCUT2D eigenvalue weighted by molar-refractivity contribution is 7.54. The highest BCUT2D eigenvalue weighted by Gasteiger charge is 2.47. The zero-order valence-electron chi connectivity index (χ0n) is 80.5. The van der Waals surface area contributed by atoms with E-state index in [1.165, 1.54) is 36.4 Å². The Morgan fingerprint density at radius 3 is 0.706 bits per heavy atom. The van der Waals surface area contributed by atoms with Crippen LogP contribution in [0, 0.1) is 43.3 Å². The van der Waals surface area contributed by atoms with Gasteiger partial charge in [0.1, 0.15) is 60.3 Å². The number of nitrogens with zero attached hydrogens (tertiary/aromatic N) is 12. The minimum atomic E-state index is -4.16. The SMILES string of the molecule is CC(C)(CO)CO.CC(C)(CO)COc1cc(N)nc(N)n1.CC(C)(COCP(=O)(O)O)COc1cc(N)nc(N)n1.CC(C)OP(=O)(COCC(C)(C)COc1cc(N)nc(N)n1)OC(C)C.CC(C)OP(=O)(COCC1(COc2cc(N)nc(N)n2)CC1)OC(C)C.Nc1cc(OCC2(CO)CC2)nc(N)n1.Nc1cc(OCC2(COCP(=O)(O)O)CC2)nc(N)n1.OCC1(CO)CC1. The van der Waals surface area contributed by atoms with Crippen LogP contribution in [0.3, 0.4) is 0 Å². The number of anilines is 12. The van der Waals surface area contributed by atoms with Crippen LogP contribution in [0.5, 0.6) is 35.3 Å². The van der Waals surface area contributed by atoms with Gasteiger partial charge in [0.2, 0.25) is 71.0 Å². The lowest BCUT2D eigenvalue weighted by Crippen LogP contribution is -2.28. The normalized spacial score (nSPS) is 14.9. The van der Waals surface area contributed by atoms with Crippen molar-refractivity contribution in [2.24, 2.45) is 43.3 Å². The second-order valence-electron chi connectivity index (χ2n) is 37.4. The number of aliphatic hydroxyl groups is 6. The molecule has 0 saturated heterocycles. The first kappa shape index (κ1) is 121. The molecule has 4 saturated carbocycles. The van der Waals surface area contributed by atoms with E-state index in [4.69, 9.17) is 184 Å². The number of rotatable bonds is 48. The molecule has 10 rings (SSSR count). The number of nitrogens with two attached hydrogens (primary N) is 12. The van der Waals surface area contributed by atoms with Crippen molar-refractivity contribution < 1.29 is 134 Å². The molecule has 56 heteroatoms. The fraction of sp³-hybridized carbons (Fsp3) is 0.700. The van der Waals surface area contributed by atoms with Gasteiger partial charge in [0.25, 0.3) is 0 Å². The first-order valence-corrected chi connectivity index (χ1v) is 50.1. The van der Waals surface area contributed by atoms with Crippen molar-refractivity contribution in [2.45, 2.75) is 187 Å². The zero-order valence-corrected chi connectivity index (χ0v) is 84.1. The van der Waals surface area contributed by atoms with Crippen molar-refractivity contribution in [3.05, 3.63) is 36.4 Å². The number of hydrogen-bond acceptors (Lipinski definition) is 48. The summed E-state index contributed by atoms with van der Waals surface area (Å²) >= 11 is 0. The fourth-order valence-electron chi connectivity index (χ4n) is 10.0. The molecule has 0 amide bonds. The molecule has 776 valence electrons. The van der Waals surface area contributed by atoms with Crippen molar-refractivity contribution in [1.82, 2.24) is 59.8 Å². The number of aliphatic hydroxyl groups excluding tert-OH is 6. The largest absolute Gasteiger partial charge is 0.477 e. The van der Waals surface area contributed by atoms with Crippen LogP contribution in [0.2, 0.25) is 0 Å². The van der Waals surface area contributed by atoms with Crippen LogP contribution >= 0.6 is 30.4 Å². The van der Waals surface area contributed by atoms with E-state index in [0.717, 1.165) is 51.4 Å². The minimum absolute atomic E-state index is 0.00977. The maximum Gasteiger partial charge on any atom is 0.356 e. The third-order valence-corrected chi connectivity index (χ3v) is 23.3. The summed E-state index contributed by atoms with van der Waals surface area (Å²) in [5.74, 6) is 3.59. The maximum absolute atomic E-state index is 12.7. The average Bonchev–Trinajstić information content (AvgIpc) is 1.66. The van der Waals surface area contributed by atoms with Gasteiger partial charge in [-0.1, -0.05) is 55.4 Å². The Morgan fingerprint density at radius 1 is 0.287 bits per heavy atom. The summed E-state index contributed by atoms with van der Waals surface area (Å²) in [5.41, 5.74) is 64.1. The van der Waals surface area contributed by atoms with E-state index in [2.05, 4.69) is 59.8 Å². The highest BCUT2D eigenvalue weighted by atomic mass is 31.2. The molecule has 4 aliphatic rings. The molecular formula is C80H148N24O28P4. The van der Waals surface area contributed by atoms with Gasteiger partial charge in [0.15, 0.2) is 0 Å². The Labute approximate surface area is 792 Å². The molecule has 0 atom stereocenters. The Morgan fingerprint density at radius 2 is 0.500 bits per heavy atom. The van der Waals surface area contributed by atoms with Gasteiger partial charge in [-0.05, 0) is 107 Å². The minimum Gasteiger partial charge on any atom is -0.477 e. The molecule has 34 N–H and O–H groups in total. The molecule has 52 nitrogen and oxygen atoms in total. The van der Waals surface area contributed by atoms with Crippen molar-refractivity contribution in [2.75, 3.05) is 200 Å². The van der Waals surface area contributed by atoms with Crippen molar-refractivity contribution in [1.29, 1.82) is 0 Å². The Kier molecular flexibility index (Phi) is 49.2. The fourth-order valence-corrected chi connectivity index (χ4v) is 14.2. The van der Waals surface area contributed by atoms with Crippen LogP contribution in [-0.2, 0) is 55.3 Å². The molecule has 0 aliphatic heterocycles. The van der Waals surface area contributed by atoms with Crippen LogP contribution in [0.15, 0.2) is 36.4 Å². The Balaban J connectivity index is 0.000000411. The summed E-state index contributed by atoms with van der Waals surface area (Å²) < 4.78 is 123. The van der Waals surface area contributed by atoms with Gasteiger partial charge in [0, 0.05) is 79.7 Å². The molecular weight excluding hydrogens is 1870 g/mol. The second-order valence-corrected chi connectivity index (χ2v) is 44.3. The van der Waals surface area contributed by atoms with Crippen LogP contribution < -0.4 is 97.2 Å². The van der Waals surface area contributed by atoms with Crippen molar-refractivity contribution in [3.63, 3.8) is 0 Å². The third kappa shape index (κ3) is 53.9. The van der Waals surface area contributed by atoms with Crippen LogP contribution in [0.25, 0.3) is 0 Å². The smallest absolute Gasteiger partial charge is 0.356 e. The summed E-state index contributed by atoms with van der Waals surface area (Å²) in [7, 11) is -14.9. The Hall–Kier alpha value is -8.92. The lowest BCUT2D eigenvalue weighted by Gasteiger charge is -2.27. The summed E-state index contributed by atoms with van der Waals surface area (Å²) in [5, 5.41) is 52.0. The lowest BCUT2D eigenvalue weighted by molar-refractivity contribution is 0.0371. The van der Waals surface area contributed by atoms with Crippen LogP contribution in [0.4, 0.5) is 70.6 Å². The number of hydrogen-bond donors (Lipinski definition) is 22. The molecule has 136 heavy (non-hydrogen) atoms. The molecule has 0 radical (unpaired) electrons. The summed E-state index contributed by atoms with van der Waals surface area (Å²) in [4.78, 5) is 80.7. The number of nitrogen functional groups attached to an aromatic ring is 12. The molecule has 6 aromatic heterocycles. The maximum atomic E-state index is 12.7. The van der Waals surface area contributed by atoms with E-state index in [-0.39, 0.29) is 223 Å². The summed E-state index contributed by atoms with van der Waals surface area (Å²) in [6.07, 6.45) is 5.30. The van der Waals surface area contributed by atoms with E-state index in [1.54, 1.807) is 41.5 Å². The molecule has 4 fully saturated rings. The van der Waals surface area contributed by atoms with Crippen LogP contribution in [-0.4, -0.2) is 266 Å². The van der Waals surface area contributed by atoms with Gasteiger partial charge in [-0.25, -0.2) is 0 Å². The molecule has 4 aliphatic carbocycles. The van der Waals surface area contributed by atoms with Crippen molar-refractivity contribution >= 4 is 101 Å². The van der Waals surface area contributed by atoms with E-state index < -0.39 is 48.5 Å². The molecule has 0 aromatic carbocycles. The van der Waals surface area contributed by atoms with Gasteiger partial charge in [-0.15, -0.1) is 0 Å². The molecule has 0 bridgehead atoms. The van der Waals surface area contributed by atoms with Gasteiger partial charge in [0.05, 0.1) is 130 Å². The summed E-state index contributed by atoms with van der Waals surface area (Å²) in [6, 6.07) is 8.92. The number of ether oxygens (including phenoxy) is 10. The van der Waals surface area contributed by atoms with E-state index >= 15 is 0 Å². The van der Waals surface area contributed by atoms with Crippen LogP contribution in [0.1, 0.15) is 162 Å². The average molecular weight is 2020 g/mol. The van der Waals surface area contributed by atoms with Gasteiger partial charge < -0.3 is 184 Å². The topological polar surface area (TPSA) is 867 Å². The molecule has 6 aromatic rings. The third-order valence-electron chi connectivity index (χ3n) is 18.3. The van der Waals surface area contributed by atoms with E-state index in [1.807, 2.05) is 69.2 Å². The Bertz CT molecular complexity index is 4360. The predicted molar refractivity (Wildman–Crippen MR) is 510 cm³/mol. The van der Waals surface area contributed by atoms with Gasteiger partial charge >= 0.3 is 30.4 Å². The number of aromatic nitrogens is 12. The van der Waals surface area contributed by atoms with E-state index in [9.17, 15) is 18.3 Å². The quantitative estimate of drug-likeness (QED) is 0.0206. The first-order chi connectivity index (χ1) is 62.9. The monoisotopic (exact) mass is 2020 g/mol. The molecule has 0 spiro atoms. The standard InChI is InChI=1S/C16H29N4O5P.C16H31N4O5P.C10H17N4O5P.C10H19N4O5P.C9H14N4O2.C9H16N4O2.C5H10O2.C5H12O2/c1-11(2)24-26(21,25-12(3)4)10-22-8-16(5-6-16)9-23-14-7-13(17)19-15(18)20-14;1-11(2)24-26(21,25-12(3)4)10-22-8-16(5,6)9-23-14-7-13(17)19-15(18)20-14;11-7-3-8(14-9(12)13-7)19-5-10(1-2-10)4-18-6-20(15,16)17;1-10(2,4-18-6-20(15,16)17)5-19-8-3-7(11)13-9(12)14-8;10-6-3-7(13-8(11)12-6)15-5-9(4-14)1-2-9;1-9(2,4-14)5-15-7-3-6(10)12-8(11)13-7;6-3-5(4-7)1-2-5;1-5(2,3-6)4-7/h7,11-12H,5-6,8-10H2,1-4H3,(H4,17,18,19,20);7,11-12H,8-10H2,1-6H3,(H4,17,18,19,20);3H,1-2,4-6H2,(H2,15,16,17)(H4,11,12,13,14);3H,4-6H2,1-2H3,(H2,15,16,17)(H4,11,12,13,14);3,14H,1-2,4-5H2,(H4,10,11,12,13);3,14H,4-5H2,1-2H3,(H4,10,11,12,13);6-7H,1-4H2;6-7H,3-4H2,1-2H3. The lowest BCUT2D eigenvalue weighted by atomic mass is 9.96. The van der Waals surface area contributed by atoms with Gasteiger partial charge in [-0.3, -0.25) is 18.3 Å². The second kappa shape index (κ2) is 55.2. The molecule has 0 unspecified atom stereocenters. The van der Waals surface area contributed by atoms with Gasteiger partial charge in [-0.2, -0.15) is 59.8 Å². The first-order valence-electron chi connectivity index (χ1n) is 43.0. The summed E-state index contributed by atoms with van der Waals surface area (Å²) in [6.45, 7) is 32.9. The van der Waals surface area contributed by atoms with Crippen molar-refractivity contribution in [3.8, 4) is 35.3 Å².